The first-order valence-electron chi connectivity index (χ1n) is 6.92. The summed E-state index contributed by atoms with van der Waals surface area (Å²) in [4.78, 5) is 0.314. The van der Waals surface area contributed by atoms with Gasteiger partial charge in [-0.05, 0) is 38.1 Å². The second-order valence-corrected chi connectivity index (χ2v) is 6.95. The lowest BCUT2D eigenvalue weighted by Gasteiger charge is -2.18. The van der Waals surface area contributed by atoms with Crippen molar-refractivity contribution in [1.82, 2.24) is 4.72 Å². The van der Waals surface area contributed by atoms with E-state index in [1.165, 1.54) is 45.6 Å². The number of hydrogen-bond donors (Lipinski definition) is 2. The van der Waals surface area contributed by atoms with E-state index in [1.807, 2.05) is 6.07 Å². The van der Waals surface area contributed by atoms with Gasteiger partial charge in [-0.2, -0.15) is 0 Å². The lowest BCUT2D eigenvalue weighted by Crippen LogP contribution is -2.20. The second-order valence-electron chi connectivity index (χ2n) is 5.07. The molecule has 1 fully saturated rings. The zero-order valence-corrected chi connectivity index (χ0v) is 12.2. The maximum Gasteiger partial charge on any atom is 0.240 e. The molecular weight excluding hydrogens is 260 g/mol. The molecule has 0 bridgehead atoms. The van der Waals surface area contributed by atoms with Gasteiger partial charge < -0.3 is 5.32 Å². The lowest BCUT2D eigenvalue weighted by molar-refractivity contribution is 0.588. The first kappa shape index (κ1) is 14.3. The van der Waals surface area contributed by atoms with Crippen molar-refractivity contribution in [1.29, 1.82) is 0 Å². The van der Waals surface area contributed by atoms with E-state index < -0.39 is 10.0 Å². The summed E-state index contributed by atoms with van der Waals surface area (Å²) in [5, 5.41) is 3.47. The molecule has 0 unspecified atom stereocenters. The van der Waals surface area contributed by atoms with E-state index in [0.717, 1.165) is 5.69 Å². The molecule has 1 aromatic rings. The number of rotatable bonds is 4. The topological polar surface area (TPSA) is 58.2 Å². The molecule has 0 heterocycles. The Morgan fingerprint density at radius 2 is 1.79 bits per heavy atom. The molecule has 0 spiro atoms. The molecule has 2 rings (SSSR count). The van der Waals surface area contributed by atoms with Crippen LogP contribution in [0.5, 0.6) is 0 Å². The Balaban J connectivity index is 2.10. The highest BCUT2D eigenvalue weighted by atomic mass is 32.2. The lowest BCUT2D eigenvalue weighted by atomic mass is 10.1. The summed E-state index contributed by atoms with van der Waals surface area (Å²) in [7, 11) is -1.93. The average molecular weight is 282 g/mol. The van der Waals surface area contributed by atoms with Crippen LogP contribution in [0.1, 0.15) is 38.5 Å². The fourth-order valence-electron chi connectivity index (χ4n) is 2.53. The van der Waals surface area contributed by atoms with Gasteiger partial charge in [0.05, 0.1) is 4.90 Å². The Kier molecular flexibility index (Phi) is 4.82. The third-order valence-corrected chi connectivity index (χ3v) is 5.05. The molecule has 1 aliphatic rings. The Labute approximate surface area is 115 Å². The molecule has 0 amide bonds. The largest absolute Gasteiger partial charge is 0.382 e. The molecule has 1 aliphatic carbocycles. The number of sulfonamides is 1. The molecule has 0 atom stereocenters. The predicted molar refractivity (Wildman–Crippen MR) is 77.8 cm³/mol. The minimum atomic E-state index is -3.36. The summed E-state index contributed by atoms with van der Waals surface area (Å²) in [6, 6.07) is 7.50. The third kappa shape index (κ3) is 3.94. The van der Waals surface area contributed by atoms with Crippen LogP contribution in [0.25, 0.3) is 0 Å². The monoisotopic (exact) mass is 282 g/mol. The van der Waals surface area contributed by atoms with E-state index >= 15 is 0 Å². The van der Waals surface area contributed by atoms with Crippen LogP contribution in [0.4, 0.5) is 5.69 Å². The standard InChI is InChI=1S/C14H22N2O2S/c1-15-19(17,18)14-10-6-9-13(11-14)16-12-7-4-2-3-5-8-12/h6,9-12,15-16H,2-5,7-8H2,1H3. The van der Waals surface area contributed by atoms with Crippen LogP contribution < -0.4 is 10.0 Å². The minimum Gasteiger partial charge on any atom is -0.382 e. The predicted octanol–water partition coefficient (Wildman–Crippen LogP) is 2.73. The Morgan fingerprint density at radius 3 is 2.42 bits per heavy atom. The first-order chi connectivity index (χ1) is 9.12. The summed E-state index contributed by atoms with van der Waals surface area (Å²) >= 11 is 0. The second kappa shape index (κ2) is 6.39. The molecule has 5 heteroatoms. The van der Waals surface area contributed by atoms with Crippen molar-refractivity contribution in [3.05, 3.63) is 24.3 Å². The summed E-state index contributed by atoms with van der Waals surface area (Å²) in [6.45, 7) is 0. The molecule has 1 saturated carbocycles. The molecular formula is C14H22N2O2S. The highest BCUT2D eigenvalue weighted by Crippen LogP contribution is 2.22. The van der Waals surface area contributed by atoms with Gasteiger partial charge >= 0.3 is 0 Å². The van der Waals surface area contributed by atoms with Gasteiger partial charge in [-0.3, -0.25) is 0 Å². The van der Waals surface area contributed by atoms with E-state index in [0.29, 0.717) is 10.9 Å². The molecule has 0 radical (unpaired) electrons. The van der Waals surface area contributed by atoms with E-state index in [2.05, 4.69) is 10.0 Å². The van der Waals surface area contributed by atoms with Crippen molar-refractivity contribution >= 4 is 15.7 Å². The molecule has 0 aromatic heterocycles. The van der Waals surface area contributed by atoms with Crippen LogP contribution in [0.2, 0.25) is 0 Å². The molecule has 4 nitrogen and oxygen atoms in total. The van der Waals surface area contributed by atoms with Gasteiger partial charge in [0, 0.05) is 11.7 Å². The van der Waals surface area contributed by atoms with Crippen LogP contribution in [-0.2, 0) is 10.0 Å². The van der Waals surface area contributed by atoms with Crippen molar-refractivity contribution in [2.24, 2.45) is 0 Å². The van der Waals surface area contributed by atoms with Crippen molar-refractivity contribution in [2.75, 3.05) is 12.4 Å². The highest BCUT2D eigenvalue weighted by molar-refractivity contribution is 7.89. The smallest absolute Gasteiger partial charge is 0.240 e. The fraction of sp³-hybridized carbons (Fsp3) is 0.571. The van der Waals surface area contributed by atoms with Gasteiger partial charge in [-0.1, -0.05) is 31.7 Å². The van der Waals surface area contributed by atoms with E-state index in [4.69, 9.17) is 0 Å². The Morgan fingerprint density at radius 1 is 1.11 bits per heavy atom. The SMILES string of the molecule is CNS(=O)(=O)c1cccc(NC2CCCCCC2)c1. The highest BCUT2D eigenvalue weighted by Gasteiger charge is 2.14. The van der Waals surface area contributed by atoms with Gasteiger partial charge in [0.1, 0.15) is 0 Å². The minimum absolute atomic E-state index is 0.314. The summed E-state index contributed by atoms with van der Waals surface area (Å²) in [6.07, 6.45) is 7.48. The van der Waals surface area contributed by atoms with Crippen LogP contribution in [0.15, 0.2) is 29.2 Å². The summed E-state index contributed by atoms with van der Waals surface area (Å²) < 4.78 is 25.9. The third-order valence-electron chi connectivity index (χ3n) is 3.64. The maximum absolute atomic E-state index is 11.8. The Hall–Kier alpha value is -1.07. The summed E-state index contributed by atoms with van der Waals surface area (Å²) in [5.41, 5.74) is 0.892. The van der Waals surface area contributed by atoms with Crippen LogP contribution in [0.3, 0.4) is 0 Å². The number of benzene rings is 1. The first-order valence-corrected chi connectivity index (χ1v) is 8.40. The van der Waals surface area contributed by atoms with Gasteiger partial charge in [-0.25, -0.2) is 13.1 Å². The van der Waals surface area contributed by atoms with Gasteiger partial charge in [0.2, 0.25) is 10.0 Å². The fourth-order valence-corrected chi connectivity index (χ4v) is 3.31. The maximum atomic E-state index is 11.8. The van der Waals surface area contributed by atoms with Gasteiger partial charge in [-0.15, -0.1) is 0 Å². The zero-order chi connectivity index (χ0) is 13.7. The van der Waals surface area contributed by atoms with Gasteiger partial charge in [0.25, 0.3) is 0 Å². The average Bonchev–Trinajstić information content (AvgIpc) is 2.68. The van der Waals surface area contributed by atoms with E-state index in [1.54, 1.807) is 18.2 Å². The van der Waals surface area contributed by atoms with Crippen molar-refractivity contribution in [3.8, 4) is 0 Å². The zero-order valence-electron chi connectivity index (χ0n) is 11.4. The van der Waals surface area contributed by atoms with Gasteiger partial charge in [0.15, 0.2) is 0 Å². The number of hydrogen-bond acceptors (Lipinski definition) is 3. The molecule has 106 valence electrons. The normalized spacial score (nSPS) is 17.9. The molecule has 0 aliphatic heterocycles. The van der Waals surface area contributed by atoms with E-state index in [9.17, 15) is 8.42 Å². The van der Waals surface area contributed by atoms with Crippen molar-refractivity contribution in [2.45, 2.75) is 49.5 Å². The van der Waals surface area contributed by atoms with Crippen molar-refractivity contribution < 1.29 is 8.42 Å². The van der Waals surface area contributed by atoms with Crippen LogP contribution >= 0.6 is 0 Å². The molecule has 0 saturated heterocycles. The number of nitrogens with one attached hydrogen (secondary N) is 2. The van der Waals surface area contributed by atoms with E-state index in [-0.39, 0.29) is 0 Å². The number of anilines is 1. The van der Waals surface area contributed by atoms with Crippen LogP contribution in [0, 0.1) is 0 Å². The molecule has 2 N–H and O–H groups in total. The Bertz CT molecular complexity index is 506. The van der Waals surface area contributed by atoms with Crippen LogP contribution in [-0.4, -0.2) is 21.5 Å². The summed E-state index contributed by atoms with van der Waals surface area (Å²) in [5.74, 6) is 0. The quantitative estimate of drug-likeness (QED) is 0.835. The van der Waals surface area contributed by atoms with Crippen molar-refractivity contribution in [3.63, 3.8) is 0 Å². The molecule has 1 aromatic carbocycles. The molecule has 19 heavy (non-hydrogen) atoms.